The van der Waals surface area contributed by atoms with Crippen molar-refractivity contribution in [2.75, 3.05) is 20.2 Å². The minimum Gasteiger partial charge on any atom is -0.493 e. The maximum Gasteiger partial charge on any atom is 0.255 e. The van der Waals surface area contributed by atoms with Crippen molar-refractivity contribution in [3.63, 3.8) is 0 Å². The fourth-order valence-electron chi connectivity index (χ4n) is 2.89. The SMILES string of the molecule is Cc1cc(C(=O)N(C)CCCOc2ccccc2C)c2[nH]ncc2c1. The van der Waals surface area contributed by atoms with Crippen molar-refractivity contribution in [2.45, 2.75) is 20.3 Å². The molecule has 1 aromatic heterocycles. The number of carbonyl (C=O) groups excluding carboxylic acids is 1. The number of carbonyl (C=O) groups is 1. The highest BCUT2D eigenvalue weighted by molar-refractivity contribution is 6.05. The first kappa shape index (κ1) is 17.0. The number of ether oxygens (including phenoxy) is 1. The van der Waals surface area contributed by atoms with Crippen LogP contribution in [-0.2, 0) is 0 Å². The number of fused-ring (bicyclic) bond motifs is 1. The number of nitrogens with one attached hydrogen (secondary N) is 1. The second-order valence-electron chi connectivity index (χ2n) is 6.34. The summed E-state index contributed by atoms with van der Waals surface area (Å²) < 4.78 is 5.80. The molecular formula is C20H23N3O2. The van der Waals surface area contributed by atoms with Gasteiger partial charge in [-0.05, 0) is 49.6 Å². The number of hydrogen-bond acceptors (Lipinski definition) is 3. The highest BCUT2D eigenvalue weighted by Gasteiger charge is 2.16. The molecule has 0 aliphatic carbocycles. The maximum atomic E-state index is 12.8. The number of nitrogens with zero attached hydrogens (tertiary/aromatic N) is 2. The van der Waals surface area contributed by atoms with Gasteiger partial charge in [-0.1, -0.05) is 18.2 Å². The van der Waals surface area contributed by atoms with Gasteiger partial charge in [0.15, 0.2) is 0 Å². The van der Waals surface area contributed by atoms with Crippen molar-refractivity contribution in [1.29, 1.82) is 0 Å². The highest BCUT2D eigenvalue weighted by Crippen LogP contribution is 2.20. The second kappa shape index (κ2) is 7.38. The summed E-state index contributed by atoms with van der Waals surface area (Å²) in [5.41, 5.74) is 3.62. The van der Waals surface area contributed by atoms with Gasteiger partial charge in [0.25, 0.3) is 5.91 Å². The van der Waals surface area contributed by atoms with E-state index in [9.17, 15) is 4.79 Å². The van der Waals surface area contributed by atoms with E-state index in [-0.39, 0.29) is 5.91 Å². The van der Waals surface area contributed by atoms with Gasteiger partial charge in [0.2, 0.25) is 0 Å². The van der Waals surface area contributed by atoms with E-state index in [1.165, 1.54) is 0 Å². The molecule has 0 radical (unpaired) electrons. The van der Waals surface area contributed by atoms with E-state index in [0.29, 0.717) is 18.7 Å². The lowest BCUT2D eigenvalue weighted by Crippen LogP contribution is -2.29. The Labute approximate surface area is 147 Å². The standard InChI is InChI=1S/C20H23N3O2/c1-14-11-16-13-21-22-19(16)17(12-14)20(24)23(3)9-6-10-25-18-8-5-4-7-15(18)2/h4-5,7-8,11-13H,6,9-10H2,1-3H3,(H,21,22). The van der Waals surface area contributed by atoms with E-state index in [4.69, 9.17) is 4.74 Å². The van der Waals surface area contributed by atoms with Crippen LogP contribution in [0.25, 0.3) is 10.9 Å². The highest BCUT2D eigenvalue weighted by atomic mass is 16.5. The quantitative estimate of drug-likeness (QED) is 0.698. The van der Waals surface area contributed by atoms with Gasteiger partial charge in [0.05, 0.1) is 23.9 Å². The summed E-state index contributed by atoms with van der Waals surface area (Å²) in [7, 11) is 1.82. The van der Waals surface area contributed by atoms with Crippen molar-refractivity contribution < 1.29 is 9.53 Å². The Morgan fingerprint density at radius 1 is 1.24 bits per heavy atom. The van der Waals surface area contributed by atoms with Crippen LogP contribution in [0.1, 0.15) is 27.9 Å². The molecule has 0 fully saturated rings. The normalized spacial score (nSPS) is 10.8. The van der Waals surface area contributed by atoms with Gasteiger partial charge in [-0.2, -0.15) is 5.10 Å². The average Bonchev–Trinajstić information content (AvgIpc) is 3.06. The van der Waals surface area contributed by atoms with Crippen molar-refractivity contribution in [3.05, 3.63) is 59.3 Å². The number of para-hydroxylation sites is 1. The van der Waals surface area contributed by atoms with Gasteiger partial charge in [0, 0.05) is 19.0 Å². The molecule has 0 atom stereocenters. The van der Waals surface area contributed by atoms with Crippen molar-refractivity contribution in [1.82, 2.24) is 15.1 Å². The zero-order valence-electron chi connectivity index (χ0n) is 14.9. The van der Waals surface area contributed by atoms with Crippen molar-refractivity contribution in [2.24, 2.45) is 0 Å². The van der Waals surface area contributed by atoms with Gasteiger partial charge in [0.1, 0.15) is 5.75 Å². The third-order valence-electron chi connectivity index (χ3n) is 4.26. The Bertz CT molecular complexity index is 886. The number of rotatable bonds is 6. The average molecular weight is 337 g/mol. The molecule has 1 amide bonds. The summed E-state index contributed by atoms with van der Waals surface area (Å²) in [4.78, 5) is 14.5. The molecule has 0 saturated carbocycles. The molecule has 0 spiro atoms. The summed E-state index contributed by atoms with van der Waals surface area (Å²) in [6.45, 7) is 5.22. The lowest BCUT2D eigenvalue weighted by molar-refractivity contribution is 0.0789. The van der Waals surface area contributed by atoms with Crippen LogP contribution >= 0.6 is 0 Å². The third kappa shape index (κ3) is 3.82. The molecule has 0 saturated heterocycles. The Balaban J connectivity index is 1.59. The lowest BCUT2D eigenvalue weighted by Gasteiger charge is -2.18. The zero-order valence-corrected chi connectivity index (χ0v) is 14.9. The van der Waals surface area contributed by atoms with Gasteiger partial charge in [-0.3, -0.25) is 9.89 Å². The molecule has 130 valence electrons. The number of benzene rings is 2. The maximum absolute atomic E-state index is 12.8. The Morgan fingerprint density at radius 3 is 2.84 bits per heavy atom. The lowest BCUT2D eigenvalue weighted by atomic mass is 10.1. The first-order chi connectivity index (χ1) is 12.1. The van der Waals surface area contributed by atoms with E-state index < -0.39 is 0 Å². The minimum absolute atomic E-state index is 0.00570. The molecule has 2 aromatic carbocycles. The number of aromatic amines is 1. The molecular weight excluding hydrogens is 314 g/mol. The van der Waals surface area contributed by atoms with Crippen LogP contribution in [0.4, 0.5) is 0 Å². The van der Waals surface area contributed by atoms with Crippen LogP contribution in [0.3, 0.4) is 0 Å². The molecule has 3 rings (SSSR count). The van der Waals surface area contributed by atoms with Gasteiger partial charge >= 0.3 is 0 Å². The fraction of sp³-hybridized carbons (Fsp3) is 0.300. The summed E-state index contributed by atoms with van der Waals surface area (Å²) in [5.74, 6) is 0.892. The van der Waals surface area contributed by atoms with E-state index in [2.05, 4.69) is 10.2 Å². The molecule has 0 bridgehead atoms. The zero-order chi connectivity index (χ0) is 17.8. The number of aryl methyl sites for hydroxylation is 2. The predicted octanol–water partition coefficient (Wildman–Crippen LogP) is 3.72. The number of H-pyrrole nitrogens is 1. The number of amides is 1. The molecule has 0 aliphatic rings. The minimum atomic E-state index is -0.00570. The van der Waals surface area contributed by atoms with Crippen LogP contribution in [0.15, 0.2) is 42.6 Å². The van der Waals surface area contributed by atoms with E-state index in [1.807, 2.05) is 57.3 Å². The van der Waals surface area contributed by atoms with Crippen molar-refractivity contribution in [3.8, 4) is 5.75 Å². The van der Waals surface area contributed by atoms with Gasteiger partial charge < -0.3 is 9.64 Å². The predicted molar refractivity (Wildman–Crippen MR) is 99.1 cm³/mol. The Morgan fingerprint density at radius 2 is 2.04 bits per heavy atom. The largest absolute Gasteiger partial charge is 0.493 e. The van der Waals surface area contributed by atoms with Gasteiger partial charge in [-0.25, -0.2) is 0 Å². The van der Waals surface area contributed by atoms with Crippen LogP contribution in [0, 0.1) is 13.8 Å². The van der Waals surface area contributed by atoms with E-state index in [0.717, 1.165) is 34.2 Å². The molecule has 5 heteroatoms. The second-order valence-corrected chi connectivity index (χ2v) is 6.34. The van der Waals surface area contributed by atoms with Crippen LogP contribution in [0.2, 0.25) is 0 Å². The summed E-state index contributed by atoms with van der Waals surface area (Å²) in [6.07, 6.45) is 2.52. The van der Waals surface area contributed by atoms with Crippen LogP contribution in [-0.4, -0.2) is 41.2 Å². The van der Waals surface area contributed by atoms with Crippen LogP contribution in [0.5, 0.6) is 5.75 Å². The monoisotopic (exact) mass is 337 g/mol. The Hall–Kier alpha value is -2.82. The molecule has 1 N–H and O–H groups in total. The summed E-state index contributed by atoms with van der Waals surface area (Å²) in [5, 5.41) is 7.93. The summed E-state index contributed by atoms with van der Waals surface area (Å²) in [6, 6.07) is 11.9. The third-order valence-corrected chi connectivity index (χ3v) is 4.26. The van der Waals surface area contributed by atoms with Crippen LogP contribution < -0.4 is 4.74 Å². The molecule has 0 unspecified atom stereocenters. The fourth-order valence-corrected chi connectivity index (χ4v) is 2.89. The van der Waals surface area contributed by atoms with Gasteiger partial charge in [-0.15, -0.1) is 0 Å². The molecule has 5 nitrogen and oxygen atoms in total. The summed E-state index contributed by atoms with van der Waals surface area (Å²) >= 11 is 0. The Kier molecular flexibility index (Phi) is 5.03. The molecule has 3 aromatic rings. The molecule has 25 heavy (non-hydrogen) atoms. The van der Waals surface area contributed by atoms with Crippen molar-refractivity contribution >= 4 is 16.8 Å². The molecule has 0 aliphatic heterocycles. The van der Waals surface area contributed by atoms with E-state index >= 15 is 0 Å². The smallest absolute Gasteiger partial charge is 0.255 e. The first-order valence-corrected chi connectivity index (χ1v) is 8.44. The topological polar surface area (TPSA) is 58.2 Å². The number of hydrogen-bond donors (Lipinski definition) is 1. The van der Waals surface area contributed by atoms with E-state index in [1.54, 1.807) is 11.1 Å². The first-order valence-electron chi connectivity index (χ1n) is 8.44. The number of aromatic nitrogens is 2. The molecule has 1 heterocycles.